The lowest BCUT2D eigenvalue weighted by molar-refractivity contribution is 0.0697. The van der Waals surface area contributed by atoms with Crippen LogP contribution in [-0.4, -0.2) is 21.0 Å². The summed E-state index contributed by atoms with van der Waals surface area (Å²) >= 11 is 3.29. The maximum atomic E-state index is 10.8. The van der Waals surface area contributed by atoms with Crippen molar-refractivity contribution in [3.05, 3.63) is 46.7 Å². The van der Waals surface area contributed by atoms with Crippen molar-refractivity contribution in [2.75, 3.05) is 5.32 Å². The van der Waals surface area contributed by atoms with Crippen molar-refractivity contribution in [2.45, 2.75) is 0 Å². The lowest BCUT2D eigenvalue weighted by Crippen LogP contribution is -1.99. The molecule has 17 heavy (non-hydrogen) atoms. The lowest BCUT2D eigenvalue weighted by Gasteiger charge is -2.07. The maximum absolute atomic E-state index is 10.8. The van der Waals surface area contributed by atoms with E-state index < -0.39 is 5.97 Å². The van der Waals surface area contributed by atoms with E-state index in [9.17, 15) is 4.79 Å². The van der Waals surface area contributed by atoms with E-state index in [1.807, 2.05) is 0 Å². The van der Waals surface area contributed by atoms with Gasteiger partial charge in [-0.2, -0.15) is 0 Å². The van der Waals surface area contributed by atoms with Crippen molar-refractivity contribution in [3.63, 3.8) is 0 Å². The highest BCUT2D eigenvalue weighted by Crippen LogP contribution is 2.25. The highest BCUT2D eigenvalue weighted by Gasteiger charge is 2.07. The molecule has 0 spiro atoms. The third-order valence-corrected chi connectivity index (χ3v) is 2.68. The molecule has 2 rings (SSSR count). The van der Waals surface area contributed by atoms with Crippen molar-refractivity contribution >= 4 is 33.5 Å². The van der Waals surface area contributed by atoms with Crippen LogP contribution in [0.3, 0.4) is 0 Å². The van der Waals surface area contributed by atoms with Gasteiger partial charge >= 0.3 is 5.97 Å². The van der Waals surface area contributed by atoms with Crippen molar-refractivity contribution in [2.24, 2.45) is 0 Å². The van der Waals surface area contributed by atoms with Crippen molar-refractivity contribution in [1.82, 2.24) is 9.97 Å². The fourth-order valence-corrected chi connectivity index (χ4v) is 1.71. The van der Waals surface area contributed by atoms with Gasteiger partial charge in [0.15, 0.2) is 0 Å². The van der Waals surface area contributed by atoms with E-state index in [-0.39, 0.29) is 5.56 Å². The fourth-order valence-electron chi connectivity index (χ4n) is 1.23. The summed E-state index contributed by atoms with van der Waals surface area (Å²) in [5.74, 6) is -0.510. The molecule has 0 unspecified atom stereocenters. The summed E-state index contributed by atoms with van der Waals surface area (Å²) in [4.78, 5) is 18.8. The van der Waals surface area contributed by atoms with E-state index in [4.69, 9.17) is 5.11 Å². The van der Waals surface area contributed by atoms with Crippen LogP contribution < -0.4 is 5.32 Å². The second-order valence-electron chi connectivity index (χ2n) is 3.20. The average molecular weight is 294 g/mol. The number of benzene rings is 1. The number of hydrogen-bond donors (Lipinski definition) is 2. The van der Waals surface area contributed by atoms with Crippen LogP contribution in [0.4, 0.5) is 11.6 Å². The van der Waals surface area contributed by atoms with Gasteiger partial charge in [-0.15, -0.1) is 0 Å². The van der Waals surface area contributed by atoms with Gasteiger partial charge in [-0.1, -0.05) is 0 Å². The molecule has 2 N–H and O–H groups in total. The van der Waals surface area contributed by atoms with Gasteiger partial charge in [-0.3, -0.25) is 0 Å². The number of nitrogens with zero attached hydrogens (tertiary/aromatic N) is 2. The molecule has 0 saturated carbocycles. The van der Waals surface area contributed by atoms with E-state index in [0.717, 1.165) is 0 Å². The molecule has 0 saturated heterocycles. The van der Waals surface area contributed by atoms with E-state index in [0.29, 0.717) is 16.1 Å². The lowest BCUT2D eigenvalue weighted by atomic mass is 10.2. The zero-order valence-corrected chi connectivity index (χ0v) is 10.2. The topological polar surface area (TPSA) is 75.1 Å². The molecule has 0 aliphatic rings. The Morgan fingerprint density at radius 2 is 2.00 bits per heavy atom. The van der Waals surface area contributed by atoms with Crippen LogP contribution in [0, 0.1) is 0 Å². The Morgan fingerprint density at radius 3 is 2.59 bits per heavy atom. The first-order valence-electron chi connectivity index (χ1n) is 4.74. The third kappa shape index (κ3) is 2.79. The number of rotatable bonds is 3. The first-order valence-corrected chi connectivity index (χ1v) is 5.53. The van der Waals surface area contributed by atoms with Gasteiger partial charge in [0.25, 0.3) is 0 Å². The summed E-state index contributed by atoms with van der Waals surface area (Å²) in [6, 6.07) is 6.41. The molecule has 1 heterocycles. The molecule has 2 aromatic rings. The average Bonchev–Trinajstić information content (AvgIpc) is 2.33. The van der Waals surface area contributed by atoms with E-state index in [1.165, 1.54) is 12.1 Å². The zero-order chi connectivity index (χ0) is 12.3. The van der Waals surface area contributed by atoms with Gasteiger partial charge in [-0.25, -0.2) is 14.8 Å². The molecular weight excluding hydrogens is 286 g/mol. The van der Waals surface area contributed by atoms with Gasteiger partial charge in [0.2, 0.25) is 5.95 Å². The van der Waals surface area contributed by atoms with Gasteiger partial charge < -0.3 is 10.4 Å². The zero-order valence-electron chi connectivity index (χ0n) is 8.59. The summed E-state index contributed by atoms with van der Waals surface area (Å²) in [6.45, 7) is 0. The van der Waals surface area contributed by atoms with Crippen LogP contribution in [-0.2, 0) is 0 Å². The second-order valence-corrected chi connectivity index (χ2v) is 4.05. The SMILES string of the molecule is O=C(O)c1ccc(Nc2ncccn2)c(Br)c1. The maximum Gasteiger partial charge on any atom is 0.335 e. The summed E-state index contributed by atoms with van der Waals surface area (Å²) in [7, 11) is 0. The van der Waals surface area contributed by atoms with Crippen LogP contribution in [0.15, 0.2) is 41.1 Å². The number of aromatic nitrogens is 2. The van der Waals surface area contributed by atoms with E-state index in [2.05, 4.69) is 31.2 Å². The third-order valence-electron chi connectivity index (χ3n) is 2.03. The van der Waals surface area contributed by atoms with Crippen LogP contribution in [0.25, 0.3) is 0 Å². The highest BCUT2D eigenvalue weighted by molar-refractivity contribution is 9.10. The van der Waals surface area contributed by atoms with Crippen molar-refractivity contribution in [3.8, 4) is 0 Å². The van der Waals surface area contributed by atoms with Gasteiger partial charge in [0, 0.05) is 16.9 Å². The largest absolute Gasteiger partial charge is 0.478 e. The van der Waals surface area contributed by atoms with Gasteiger partial charge in [-0.05, 0) is 40.2 Å². The Bertz CT molecular complexity index is 546. The first-order chi connectivity index (χ1) is 8.16. The molecule has 0 amide bonds. The number of carboxylic acid groups (broad SMARTS) is 1. The molecule has 1 aromatic carbocycles. The Balaban J connectivity index is 2.26. The van der Waals surface area contributed by atoms with E-state index in [1.54, 1.807) is 24.5 Å². The molecule has 6 heteroatoms. The Kier molecular flexibility index (Phi) is 3.34. The molecule has 0 radical (unpaired) electrons. The number of hydrogen-bond acceptors (Lipinski definition) is 4. The molecule has 86 valence electrons. The van der Waals surface area contributed by atoms with Crippen LogP contribution >= 0.6 is 15.9 Å². The normalized spacial score (nSPS) is 9.94. The molecule has 1 aromatic heterocycles. The number of carbonyl (C=O) groups is 1. The predicted molar refractivity (Wildman–Crippen MR) is 66.4 cm³/mol. The first kappa shape index (κ1) is 11.5. The van der Waals surface area contributed by atoms with Crippen LogP contribution in [0.5, 0.6) is 0 Å². The highest BCUT2D eigenvalue weighted by atomic mass is 79.9. The fraction of sp³-hybridized carbons (Fsp3) is 0. The van der Waals surface area contributed by atoms with Gasteiger partial charge in [0.05, 0.1) is 11.3 Å². The Hall–Kier alpha value is -1.95. The predicted octanol–water partition coefficient (Wildman–Crippen LogP) is 2.68. The molecule has 0 bridgehead atoms. The minimum absolute atomic E-state index is 0.219. The number of anilines is 2. The minimum Gasteiger partial charge on any atom is -0.478 e. The minimum atomic E-state index is -0.965. The molecule has 0 aliphatic carbocycles. The summed E-state index contributed by atoms with van der Waals surface area (Å²) in [5, 5.41) is 11.8. The van der Waals surface area contributed by atoms with Crippen LogP contribution in [0.1, 0.15) is 10.4 Å². The molecular formula is C11H8BrN3O2. The monoisotopic (exact) mass is 293 g/mol. The quantitative estimate of drug-likeness (QED) is 0.910. The van der Waals surface area contributed by atoms with Crippen molar-refractivity contribution < 1.29 is 9.90 Å². The number of halogens is 1. The molecule has 0 atom stereocenters. The summed E-state index contributed by atoms with van der Waals surface area (Å²) < 4.78 is 0.643. The molecule has 5 nitrogen and oxygen atoms in total. The Morgan fingerprint density at radius 1 is 1.29 bits per heavy atom. The number of nitrogens with one attached hydrogen (secondary N) is 1. The number of carboxylic acids is 1. The molecule has 0 aliphatic heterocycles. The van der Waals surface area contributed by atoms with E-state index >= 15 is 0 Å². The smallest absolute Gasteiger partial charge is 0.335 e. The van der Waals surface area contributed by atoms with Crippen LogP contribution in [0.2, 0.25) is 0 Å². The standard InChI is InChI=1S/C11H8BrN3O2/c12-8-6-7(10(16)17)2-3-9(8)15-11-13-4-1-5-14-11/h1-6H,(H,16,17)(H,13,14,15). The van der Waals surface area contributed by atoms with Gasteiger partial charge in [0.1, 0.15) is 0 Å². The second kappa shape index (κ2) is 4.92. The molecule has 0 fully saturated rings. The Labute approximate surface area is 106 Å². The number of aromatic carboxylic acids is 1. The summed E-state index contributed by atoms with van der Waals surface area (Å²) in [6.07, 6.45) is 3.24. The summed E-state index contributed by atoms with van der Waals surface area (Å²) in [5.41, 5.74) is 0.928. The van der Waals surface area contributed by atoms with Crippen molar-refractivity contribution in [1.29, 1.82) is 0 Å².